The molecule has 0 atom stereocenters. The van der Waals surface area contributed by atoms with Gasteiger partial charge in [-0.3, -0.25) is 9.59 Å². The summed E-state index contributed by atoms with van der Waals surface area (Å²) in [4.78, 5) is 24.4. The lowest BCUT2D eigenvalue weighted by molar-refractivity contribution is 0.101. The molecule has 1 aromatic heterocycles. The van der Waals surface area contributed by atoms with Crippen molar-refractivity contribution >= 4 is 11.6 Å². The Morgan fingerprint density at radius 1 is 1.08 bits per heavy atom. The maximum absolute atomic E-state index is 13.0. The van der Waals surface area contributed by atoms with Crippen LogP contribution in [0.15, 0.2) is 65.6 Å². The number of para-hydroxylation sites is 1. The topological polar surface area (TPSA) is 64.0 Å². The van der Waals surface area contributed by atoms with Crippen molar-refractivity contribution in [1.82, 2.24) is 9.78 Å². The molecule has 3 aromatic rings. The van der Waals surface area contributed by atoms with Crippen LogP contribution in [-0.2, 0) is 0 Å². The van der Waals surface area contributed by atoms with Gasteiger partial charge in [0.2, 0.25) is 5.43 Å². The van der Waals surface area contributed by atoms with E-state index in [1.165, 1.54) is 41.2 Å². The van der Waals surface area contributed by atoms with Gasteiger partial charge in [0.25, 0.3) is 5.91 Å². The molecule has 0 unspecified atom stereocenters. The first-order valence-electron chi connectivity index (χ1n) is 7.27. The third-order valence-electron chi connectivity index (χ3n) is 3.51. The van der Waals surface area contributed by atoms with Gasteiger partial charge in [-0.1, -0.05) is 18.2 Å². The molecule has 1 amide bonds. The Hall–Kier alpha value is -3.28. The molecular weight excluding hydrogens is 309 g/mol. The molecule has 3 rings (SSSR count). The molecule has 1 heterocycles. The number of anilines is 1. The van der Waals surface area contributed by atoms with Gasteiger partial charge in [-0.2, -0.15) is 5.10 Å². The number of halogens is 1. The molecule has 2 aromatic carbocycles. The van der Waals surface area contributed by atoms with Crippen LogP contribution < -0.4 is 10.7 Å². The quantitative estimate of drug-likeness (QED) is 0.806. The van der Waals surface area contributed by atoms with E-state index in [9.17, 15) is 14.0 Å². The van der Waals surface area contributed by atoms with Gasteiger partial charge in [0, 0.05) is 18.0 Å². The maximum atomic E-state index is 13.0. The van der Waals surface area contributed by atoms with E-state index in [1.54, 1.807) is 12.1 Å². The maximum Gasteiger partial charge on any atom is 0.280 e. The minimum atomic E-state index is -0.592. The third-order valence-corrected chi connectivity index (χ3v) is 3.51. The second kappa shape index (κ2) is 6.45. The van der Waals surface area contributed by atoms with Crippen molar-refractivity contribution < 1.29 is 9.18 Å². The smallest absolute Gasteiger partial charge is 0.280 e. The fourth-order valence-electron chi connectivity index (χ4n) is 2.20. The summed E-state index contributed by atoms with van der Waals surface area (Å²) in [6, 6.07) is 14.1. The van der Waals surface area contributed by atoms with Crippen molar-refractivity contribution in [2.45, 2.75) is 6.92 Å². The summed E-state index contributed by atoms with van der Waals surface area (Å²) >= 11 is 0. The third kappa shape index (κ3) is 3.22. The van der Waals surface area contributed by atoms with Gasteiger partial charge in [0.15, 0.2) is 5.69 Å². The molecule has 120 valence electrons. The largest absolute Gasteiger partial charge is 0.320 e. The van der Waals surface area contributed by atoms with Crippen LogP contribution in [0.4, 0.5) is 10.1 Å². The number of hydrogen-bond donors (Lipinski definition) is 1. The summed E-state index contributed by atoms with van der Waals surface area (Å²) in [6.07, 6.45) is 1.43. The van der Waals surface area contributed by atoms with Gasteiger partial charge in [0.05, 0.1) is 5.69 Å². The Morgan fingerprint density at radius 2 is 1.79 bits per heavy atom. The Morgan fingerprint density at radius 3 is 2.50 bits per heavy atom. The number of rotatable bonds is 3. The van der Waals surface area contributed by atoms with Gasteiger partial charge >= 0.3 is 0 Å². The number of carbonyl (C=O) groups is 1. The van der Waals surface area contributed by atoms with E-state index in [0.29, 0.717) is 11.4 Å². The van der Waals surface area contributed by atoms with Gasteiger partial charge in [-0.15, -0.1) is 0 Å². The van der Waals surface area contributed by atoms with Crippen molar-refractivity contribution in [3.8, 4) is 5.69 Å². The Kier molecular flexibility index (Phi) is 4.20. The second-order valence-electron chi connectivity index (χ2n) is 5.22. The van der Waals surface area contributed by atoms with Crippen LogP contribution in [0.1, 0.15) is 16.1 Å². The van der Waals surface area contributed by atoms with Gasteiger partial charge in [0.1, 0.15) is 5.82 Å². The Labute approximate surface area is 137 Å². The number of aryl methyl sites for hydroxylation is 1. The lowest BCUT2D eigenvalue weighted by Gasteiger charge is -2.09. The summed E-state index contributed by atoms with van der Waals surface area (Å²) in [7, 11) is 0. The van der Waals surface area contributed by atoms with Crippen LogP contribution in [0.5, 0.6) is 0 Å². The fraction of sp³-hybridized carbons (Fsp3) is 0.0556. The van der Waals surface area contributed by atoms with Crippen molar-refractivity contribution in [2.24, 2.45) is 0 Å². The van der Waals surface area contributed by atoms with Gasteiger partial charge in [-0.05, 0) is 42.8 Å². The van der Waals surface area contributed by atoms with E-state index in [-0.39, 0.29) is 11.5 Å². The highest BCUT2D eigenvalue weighted by Gasteiger charge is 2.14. The normalized spacial score (nSPS) is 10.4. The van der Waals surface area contributed by atoms with Crippen molar-refractivity contribution in [2.75, 3.05) is 5.32 Å². The summed E-state index contributed by atoms with van der Waals surface area (Å²) in [6.45, 7) is 1.85. The number of amides is 1. The van der Waals surface area contributed by atoms with Crippen LogP contribution >= 0.6 is 0 Å². The van der Waals surface area contributed by atoms with Gasteiger partial charge < -0.3 is 5.32 Å². The highest BCUT2D eigenvalue weighted by atomic mass is 19.1. The molecule has 0 spiro atoms. The predicted octanol–water partition coefficient (Wildman–Crippen LogP) is 2.93. The van der Waals surface area contributed by atoms with Crippen LogP contribution in [0.25, 0.3) is 5.69 Å². The monoisotopic (exact) mass is 323 g/mol. The van der Waals surface area contributed by atoms with Crippen molar-refractivity contribution in [1.29, 1.82) is 0 Å². The SMILES string of the molecule is Cc1ccccc1NC(=O)c1nn(-c2ccc(F)cc2)ccc1=O. The minimum Gasteiger partial charge on any atom is -0.320 e. The van der Waals surface area contributed by atoms with E-state index >= 15 is 0 Å². The van der Waals surface area contributed by atoms with E-state index < -0.39 is 11.3 Å². The Balaban J connectivity index is 1.94. The molecule has 6 heteroatoms. The van der Waals surface area contributed by atoms with Crippen molar-refractivity contribution in [3.05, 3.63) is 88.1 Å². The second-order valence-corrected chi connectivity index (χ2v) is 5.22. The summed E-state index contributed by atoms with van der Waals surface area (Å²) in [5.74, 6) is -0.969. The zero-order chi connectivity index (χ0) is 17.1. The first-order chi connectivity index (χ1) is 11.5. The molecular formula is C18H14FN3O2. The van der Waals surface area contributed by atoms with Crippen molar-refractivity contribution in [3.63, 3.8) is 0 Å². The Bertz CT molecular complexity index is 949. The molecule has 24 heavy (non-hydrogen) atoms. The summed E-state index contributed by atoms with van der Waals surface area (Å²) in [5.41, 5.74) is 1.31. The van der Waals surface area contributed by atoms with E-state index in [2.05, 4.69) is 10.4 Å². The lowest BCUT2D eigenvalue weighted by atomic mass is 10.2. The molecule has 0 saturated heterocycles. The molecule has 0 aliphatic heterocycles. The standard InChI is InChI=1S/C18H14FN3O2/c1-12-4-2-3-5-15(12)20-18(24)17-16(23)10-11-22(21-17)14-8-6-13(19)7-9-14/h2-11H,1H3,(H,20,24). The highest BCUT2D eigenvalue weighted by molar-refractivity contribution is 6.03. The number of nitrogens with zero attached hydrogens (tertiary/aromatic N) is 2. The zero-order valence-corrected chi connectivity index (χ0v) is 12.9. The molecule has 0 radical (unpaired) electrons. The molecule has 0 saturated carbocycles. The molecule has 0 aliphatic carbocycles. The lowest BCUT2D eigenvalue weighted by Crippen LogP contribution is -2.25. The molecule has 0 bridgehead atoms. The number of carbonyl (C=O) groups excluding carboxylic acids is 1. The number of hydrogen-bond acceptors (Lipinski definition) is 3. The number of nitrogens with one attached hydrogen (secondary N) is 1. The minimum absolute atomic E-state index is 0.231. The van der Waals surface area contributed by atoms with E-state index in [1.807, 2.05) is 19.1 Å². The van der Waals surface area contributed by atoms with E-state index in [0.717, 1.165) is 5.56 Å². The van der Waals surface area contributed by atoms with Crippen LogP contribution in [0.3, 0.4) is 0 Å². The predicted molar refractivity (Wildman–Crippen MR) is 88.9 cm³/mol. The van der Waals surface area contributed by atoms with Crippen LogP contribution in [-0.4, -0.2) is 15.7 Å². The molecule has 5 nitrogen and oxygen atoms in total. The van der Waals surface area contributed by atoms with Crippen LogP contribution in [0.2, 0.25) is 0 Å². The average Bonchev–Trinajstić information content (AvgIpc) is 2.58. The molecule has 0 aliphatic rings. The fourth-order valence-corrected chi connectivity index (χ4v) is 2.20. The van der Waals surface area contributed by atoms with Crippen LogP contribution in [0, 0.1) is 12.7 Å². The first-order valence-corrected chi connectivity index (χ1v) is 7.27. The van der Waals surface area contributed by atoms with E-state index in [4.69, 9.17) is 0 Å². The number of benzene rings is 2. The summed E-state index contributed by atoms with van der Waals surface area (Å²) < 4.78 is 14.4. The summed E-state index contributed by atoms with van der Waals surface area (Å²) in [5, 5.41) is 6.75. The molecule has 1 N–H and O–H groups in total. The number of aromatic nitrogens is 2. The zero-order valence-electron chi connectivity index (χ0n) is 12.9. The van der Waals surface area contributed by atoms with Gasteiger partial charge in [-0.25, -0.2) is 9.07 Å². The first kappa shape index (κ1) is 15.6. The average molecular weight is 323 g/mol. The molecule has 0 fully saturated rings. The highest BCUT2D eigenvalue weighted by Crippen LogP contribution is 2.14.